The Morgan fingerprint density at radius 3 is 2.18 bits per heavy atom. The molecule has 0 saturated carbocycles. The average Bonchev–Trinajstić information content (AvgIpc) is 3.28. The summed E-state index contributed by atoms with van der Waals surface area (Å²) < 4.78 is 13.8. The lowest BCUT2D eigenvalue weighted by Crippen LogP contribution is -2.17. The maximum Gasteiger partial charge on any atom is 0.123 e. The van der Waals surface area contributed by atoms with Gasteiger partial charge < -0.3 is 5.32 Å². The Bertz CT molecular complexity index is 1790. The lowest BCUT2D eigenvalue weighted by molar-refractivity contribution is 0.626. The molecule has 38 heavy (non-hydrogen) atoms. The minimum Gasteiger partial charge on any atom is -0.355 e. The zero-order valence-corrected chi connectivity index (χ0v) is 22.7. The van der Waals surface area contributed by atoms with Crippen LogP contribution in [0.1, 0.15) is 62.4 Å². The van der Waals surface area contributed by atoms with Crippen molar-refractivity contribution in [2.24, 2.45) is 0 Å². The van der Waals surface area contributed by atoms with E-state index in [1.165, 1.54) is 61.3 Å². The van der Waals surface area contributed by atoms with Crippen LogP contribution in [0.25, 0.3) is 33.0 Å². The summed E-state index contributed by atoms with van der Waals surface area (Å²) in [6.07, 6.45) is 0.777. The SMILES string of the molecule is CCc1cc(F)ccc1Nc1ccc2c(c1)C(C)(C)c1cc3c(cc1-2)C(C)(C)c1ccc2ccccc2c1-3. The van der Waals surface area contributed by atoms with Gasteiger partial charge in [0.15, 0.2) is 0 Å². The monoisotopic (exact) mass is 497 g/mol. The van der Waals surface area contributed by atoms with E-state index in [-0.39, 0.29) is 16.6 Å². The van der Waals surface area contributed by atoms with E-state index in [1.807, 2.05) is 6.07 Å². The summed E-state index contributed by atoms with van der Waals surface area (Å²) in [5, 5.41) is 6.20. The van der Waals surface area contributed by atoms with Crippen molar-refractivity contribution in [1.29, 1.82) is 0 Å². The Labute approximate surface area is 224 Å². The maximum absolute atomic E-state index is 13.8. The highest BCUT2D eigenvalue weighted by Crippen LogP contribution is 2.57. The molecule has 5 aromatic carbocycles. The number of aryl methyl sites for hydroxylation is 1. The Balaban J connectivity index is 1.38. The van der Waals surface area contributed by atoms with Crippen molar-refractivity contribution in [2.75, 3.05) is 5.32 Å². The first-order valence-electron chi connectivity index (χ1n) is 13.6. The number of anilines is 2. The van der Waals surface area contributed by atoms with Gasteiger partial charge in [-0.3, -0.25) is 0 Å². The molecule has 5 aromatic rings. The number of hydrogen-bond acceptors (Lipinski definition) is 1. The zero-order chi connectivity index (χ0) is 26.4. The molecule has 0 atom stereocenters. The number of benzene rings is 5. The van der Waals surface area contributed by atoms with Crippen molar-refractivity contribution in [3.05, 3.63) is 119 Å². The minimum absolute atomic E-state index is 0.0583. The van der Waals surface area contributed by atoms with Crippen LogP contribution in [0.4, 0.5) is 15.8 Å². The fraction of sp³-hybridized carbons (Fsp3) is 0.222. The highest BCUT2D eigenvalue weighted by atomic mass is 19.1. The predicted molar refractivity (Wildman–Crippen MR) is 158 cm³/mol. The van der Waals surface area contributed by atoms with E-state index in [2.05, 4.69) is 107 Å². The Kier molecular flexibility index (Phi) is 4.77. The van der Waals surface area contributed by atoms with E-state index in [0.717, 1.165) is 23.4 Å². The molecule has 0 amide bonds. The number of halogens is 1. The Morgan fingerprint density at radius 2 is 1.37 bits per heavy atom. The van der Waals surface area contributed by atoms with Gasteiger partial charge in [0.25, 0.3) is 0 Å². The van der Waals surface area contributed by atoms with E-state index < -0.39 is 0 Å². The number of nitrogens with one attached hydrogen (secondary N) is 1. The molecule has 1 nitrogen and oxygen atoms in total. The van der Waals surface area contributed by atoms with Gasteiger partial charge in [0, 0.05) is 22.2 Å². The second kappa shape index (κ2) is 7.80. The molecule has 0 fully saturated rings. The smallest absolute Gasteiger partial charge is 0.123 e. The van der Waals surface area contributed by atoms with Crippen LogP contribution in [0.2, 0.25) is 0 Å². The standard InChI is InChI=1S/C36H32FN/c1-6-21-17-23(37)12-16-33(21)38-24-13-14-26-27-19-32-28(20-31(27)36(4,5)30(26)18-24)34-25-10-8-7-9-22(25)11-15-29(34)35(32,2)3/h7-20,38H,6H2,1-5H3. The van der Waals surface area contributed by atoms with Gasteiger partial charge >= 0.3 is 0 Å². The van der Waals surface area contributed by atoms with Crippen LogP contribution in [0.3, 0.4) is 0 Å². The summed E-state index contributed by atoms with van der Waals surface area (Å²) in [7, 11) is 0. The second-order valence-electron chi connectivity index (χ2n) is 11.9. The largest absolute Gasteiger partial charge is 0.355 e. The van der Waals surface area contributed by atoms with Crippen LogP contribution >= 0.6 is 0 Å². The summed E-state index contributed by atoms with van der Waals surface area (Å²) in [5.74, 6) is -0.191. The normalized spacial score (nSPS) is 15.6. The van der Waals surface area contributed by atoms with Crippen molar-refractivity contribution in [1.82, 2.24) is 0 Å². The quantitative estimate of drug-likeness (QED) is 0.261. The van der Waals surface area contributed by atoms with Crippen molar-refractivity contribution in [3.8, 4) is 22.3 Å². The lowest BCUT2D eigenvalue weighted by atomic mass is 9.79. The van der Waals surface area contributed by atoms with Crippen LogP contribution < -0.4 is 5.32 Å². The highest BCUT2D eigenvalue weighted by molar-refractivity contribution is 6.03. The summed E-state index contributed by atoms with van der Waals surface area (Å²) in [4.78, 5) is 0. The molecule has 2 aliphatic carbocycles. The van der Waals surface area contributed by atoms with Crippen LogP contribution in [0, 0.1) is 5.82 Å². The van der Waals surface area contributed by atoms with Gasteiger partial charge in [-0.25, -0.2) is 4.39 Å². The predicted octanol–water partition coefficient (Wildman–Crippen LogP) is 9.90. The van der Waals surface area contributed by atoms with E-state index in [1.54, 1.807) is 6.07 Å². The topological polar surface area (TPSA) is 12.0 Å². The van der Waals surface area contributed by atoms with Crippen molar-refractivity contribution < 1.29 is 4.39 Å². The van der Waals surface area contributed by atoms with Gasteiger partial charge in [0.05, 0.1) is 0 Å². The summed E-state index contributed by atoms with van der Waals surface area (Å²) >= 11 is 0. The number of fused-ring (bicyclic) bond motifs is 8. The first kappa shape index (κ1) is 23.2. The maximum atomic E-state index is 13.8. The number of rotatable bonds is 3. The van der Waals surface area contributed by atoms with E-state index in [9.17, 15) is 4.39 Å². The van der Waals surface area contributed by atoms with Crippen LogP contribution in [0.15, 0.2) is 84.9 Å². The molecule has 2 aliphatic rings. The van der Waals surface area contributed by atoms with Gasteiger partial charge in [0.1, 0.15) is 5.82 Å². The molecule has 0 heterocycles. The summed E-state index contributed by atoms with van der Waals surface area (Å²) in [5.41, 5.74) is 13.8. The Hall–Kier alpha value is -3.91. The molecular formula is C36H32FN. The first-order valence-corrected chi connectivity index (χ1v) is 13.6. The van der Waals surface area contributed by atoms with E-state index in [0.29, 0.717) is 0 Å². The third-order valence-electron chi connectivity index (χ3n) is 9.09. The van der Waals surface area contributed by atoms with Crippen LogP contribution in [-0.2, 0) is 17.3 Å². The first-order chi connectivity index (χ1) is 18.2. The van der Waals surface area contributed by atoms with Gasteiger partial charge in [-0.15, -0.1) is 0 Å². The highest BCUT2D eigenvalue weighted by Gasteiger charge is 2.42. The molecule has 0 radical (unpaired) electrons. The lowest BCUT2D eigenvalue weighted by Gasteiger charge is -2.24. The van der Waals surface area contributed by atoms with Crippen LogP contribution in [-0.4, -0.2) is 0 Å². The van der Waals surface area contributed by atoms with E-state index >= 15 is 0 Å². The third kappa shape index (κ3) is 3.10. The molecule has 0 unspecified atom stereocenters. The average molecular weight is 498 g/mol. The molecule has 2 heteroatoms. The van der Waals surface area contributed by atoms with Crippen LogP contribution in [0.5, 0.6) is 0 Å². The molecule has 0 saturated heterocycles. The molecular weight excluding hydrogens is 465 g/mol. The zero-order valence-electron chi connectivity index (χ0n) is 22.7. The van der Waals surface area contributed by atoms with Gasteiger partial charge in [-0.2, -0.15) is 0 Å². The molecule has 0 aliphatic heterocycles. The fourth-order valence-corrected chi connectivity index (χ4v) is 6.94. The van der Waals surface area contributed by atoms with Gasteiger partial charge in [0.2, 0.25) is 0 Å². The third-order valence-corrected chi connectivity index (χ3v) is 9.09. The van der Waals surface area contributed by atoms with Crippen molar-refractivity contribution in [3.63, 3.8) is 0 Å². The number of hydrogen-bond donors (Lipinski definition) is 1. The molecule has 7 rings (SSSR count). The summed E-state index contributed by atoms with van der Waals surface area (Å²) in [6.45, 7) is 11.5. The molecule has 188 valence electrons. The van der Waals surface area contributed by atoms with E-state index in [4.69, 9.17) is 0 Å². The van der Waals surface area contributed by atoms with Crippen molar-refractivity contribution >= 4 is 22.1 Å². The molecule has 0 aromatic heterocycles. The van der Waals surface area contributed by atoms with Gasteiger partial charge in [-0.05, 0) is 110 Å². The molecule has 1 N–H and O–H groups in total. The van der Waals surface area contributed by atoms with Crippen molar-refractivity contribution in [2.45, 2.75) is 51.9 Å². The Morgan fingerprint density at radius 1 is 0.658 bits per heavy atom. The minimum atomic E-state index is -0.191. The fourth-order valence-electron chi connectivity index (χ4n) is 6.94. The summed E-state index contributed by atoms with van der Waals surface area (Å²) in [6, 6.07) is 30.0. The van der Waals surface area contributed by atoms with Gasteiger partial charge in [-0.1, -0.05) is 77.1 Å². The molecule has 0 bridgehead atoms. The second-order valence-corrected chi connectivity index (χ2v) is 11.9. The molecule has 0 spiro atoms.